The lowest BCUT2D eigenvalue weighted by atomic mass is 10.0. The highest BCUT2D eigenvalue weighted by Gasteiger charge is 2.26. The summed E-state index contributed by atoms with van der Waals surface area (Å²) in [6.07, 6.45) is 4.94. The summed E-state index contributed by atoms with van der Waals surface area (Å²) in [6.45, 7) is 2.67. The second-order valence-electron chi connectivity index (χ2n) is 4.34. The molecule has 1 aromatic heterocycles. The third kappa shape index (κ3) is 2.39. The molecule has 1 aliphatic heterocycles. The molecule has 2 heterocycles. The minimum Gasteiger partial charge on any atom is -0.394 e. The number of aryl methyl sites for hydroxylation is 1. The topological polar surface area (TPSA) is 49.2 Å². The molecule has 1 aliphatic rings. The summed E-state index contributed by atoms with van der Waals surface area (Å²) in [5.74, 6) is 0.00551. The first-order valence-corrected chi connectivity index (χ1v) is 6.14. The first kappa shape index (κ1) is 12.2. The molecule has 17 heavy (non-hydrogen) atoms. The predicted octanol–water partition coefficient (Wildman–Crippen LogP) is 1.53. The zero-order chi connectivity index (χ0) is 12.3. The molecule has 1 N–H and O–H groups in total. The van der Waals surface area contributed by atoms with Crippen molar-refractivity contribution in [3.63, 3.8) is 0 Å². The van der Waals surface area contributed by atoms with Crippen molar-refractivity contribution in [2.45, 2.75) is 38.6 Å². The third-order valence-corrected chi connectivity index (χ3v) is 3.29. The van der Waals surface area contributed by atoms with Crippen molar-refractivity contribution < 1.29 is 9.50 Å². The third-order valence-electron chi connectivity index (χ3n) is 3.29. The minimum atomic E-state index is -0.338. The van der Waals surface area contributed by atoms with E-state index in [2.05, 4.69) is 9.97 Å². The van der Waals surface area contributed by atoms with E-state index in [1.165, 1.54) is 6.33 Å². The molecule has 1 fully saturated rings. The molecule has 1 saturated heterocycles. The summed E-state index contributed by atoms with van der Waals surface area (Å²) in [6, 6.07) is -0.0159. The number of anilines is 1. The van der Waals surface area contributed by atoms with Crippen molar-refractivity contribution in [2.75, 3.05) is 18.1 Å². The summed E-state index contributed by atoms with van der Waals surface area (Å²) in [5, 5.41) is 9.33. The fourth-order valence-electron chi connectivity index (χ4n) is 2.31. The Bertz CT molecular complexity index is 386. The van der Waals surface area contributed by atoms with Crippen LogP contribution in [-0.4, -0.2) is 34.3 Å². The van der Waals surface area contributed by atoms with E-state index < -0.39 is 0 Å². The highest BCUT2D eigenvalue weighted by molar-refractivity contribution is 5.42. The minimum absolute atomic E-state index is 0.0159. The first-order valence-electron chi connectivity index (χ1n) is 6.14. The molecule has 0 radical (unpaired) electrons. The van der Waals surface area contributed by atoms with Crippen molar-refractivity contribution in [3.8, 4) is 0 Å². The average Bonchev–Trinajstić information content (AvgIpc) is 2.39. The van der Waals surface area contributed by atoms with Gasteiger partial charge in [0.2, 0.25) is 0 Å². The van der Waals surface area contributed by atoms with Crippen LogP contribution in [0, 0.1) is 5.82 Å². The summed E-state index contributed by atoms with van der Waals surface area (Å²) in [4.78, 5) is 9.84. The second-order valence-corrected chi connectivity index (χ2v) is 4.34. The fourth-order valence-corrected chi connectivity index (χ4v) is 2.31. The van der Waals surface area contributed by atoms with Crippen LogP contribution in [0.1, 0.15) is 31.9 Å². The molecular weight excluding hydrogens is 221 g/mol. The van der Waals surface area contributed by atoms with Crippen molar-refractivity contribution >= 4 is 5.82 Å². The number of aliphatic hydroxyl groups excluding tert-OH is 1. The van der Waals surface area contributed by atoms with Gasteiger partial charge in [0.05, 0.1) is 18.3 Å². The fraction of sp³-hybridized carbons (Fsp3) is 0.667. The molecule has 1 aromatic rings. The van der Waals surface area contributed by atoms with Gasteiger partial charge in [0.1, 0.15) is 6.33 Å². The highest BCUT2D eigenvalue weighted by atomic mass is 19.1. The van der Waals surface area contributed by atoms with E-state index in [0.717, 1.165) is 25.8 Å². The molecule has 0 amide bonds. The molecule has 0 spiro atoms. The summed E-state index contributed by atoms with van der Waals surface area (Å²) in [5.41, 5.74) is 0.442. The van der Waals surface area contributed by atoms with Crippen LogP contribution in [0.25, 0.3) is 0 Å². The van der Waals surface area contributed by atoms with Crippen LogP contribution in [0.5, 0.6) is 0 Å². The van der Waals surface area contributed by atoms with Gasteiger partial charge < -0.3 is 10.0 Å². The molecule has 2 rings (SSSR count). The van der Waals surface area contributed by atoms with Crippen molar-refractivity contribution in [2.24, 2.45) is 0 Å². The number of aromatic nitrogens is 2. The van der Waals surface area contributed by atoms with E-state index >= 15 is 0 Å². The van der Waals surface area contributed by atoms with Gasteiger partial charge in [-0.25, -0.2) is 14.4 Å². The van der Waals surface area contributed by atoms with E-state index in [1.807, 2.05) is 11.8 Å². The Kier molecular flexibility index (Phi) is 3.89. The van der Waals surface area contributed by atoms with E-state index in [4.69, 9.17) is 0 Å². The monoisotopic (exact) mass is 239 g/mol. The zero-order valence-corrected chi connectivity index (χ0v) is 10.1. The van der Waals surface area contributed by atoms with E-state index in [-0.39, 0.29) is 18.5 Å². The summed E-state index contributed by atoms with van der Waals surface area (Å²) < 4.78 is 14.1. The molecule has 0 aromatic carbocycles. The smallest absolute Gasteiger partial charge is 0.187 e. The van der Waals surface area contributed by atoms with Crippen LogP contribution in [0.4, 0.5) is 10.2 Å². The van der Waals surface area contributed by atoms with Crippen LogP contribution >= 0.6 is 0 Å². The molecule has 0 aliphatic carbocycles. The number of nitrogens with zero attached hydrogens (tertiary/aromatic N) is 3. The number of halogens is 1. The Balaban J connectivity index is 2.31. The quantitative estimate of drug-likeness (QED) is 0.869. The maximum atomic E-state index is 14.1. The van der Waals surface area contributed by atoms with E-state index in [0.29, 0.717) is 17.9 Å². The number of piperidine rings is 1. The number of aliphatic hydroxyl groups is 1. The molecule has 0 bridgehead atoms. The molecule has 94 valence electrons. The van der Waals surface area contributed by atoms with Crippen LogP contribution in [-0.2, 0) is 6.42 Å². The zero-order valence-electron chi connectivity index (χ0n) is 10.1. The molecule has 0 saturated carbocycles. The van der Waals surface area contributed by atoms with Gasteiger partial charge in [-0.3, -0.25) is 0 Å². The van der Waals surface area contributed by atoms with Crippen LogP contribution < -0.4 is 4.90 Å². The Morgan fingerprint density at radius 1 is 1.47 bits per heavy atom. The Morgan fingerprint density at radius 3 is 3.00 bits per heavy atom. The lowest BCUT2D eigenvalue weighted by Gasteiger charge is -2.35. The van der Waals surface area contributed by atoms with Crippen LogP contribution in [0.15, 0.2) is 6.33 Å². The number of hydrogen-bond acceptors (Lipinski definition) is 4. The average molecular weight is 239 g/mol. The van der Waals surface area contributed by atoms with Crippen LogP contribution in [0.3, 0.4) is 0 Å². The lowest BCUT2D eigenvalue weighted by Crippen LogP contribution is -2.43. The van der Waals surface area contributed by atoms with E-state index in [1.54, 1.807) is 0 Å². The van der Waals surface area contributed by atoms with Gasteiger partial charge in [0, 0.05) is 6.54 Å². The van der Waals surface area contributed by atoms with Crippen molar-refractivity contribution in [1.29, 1.82) is 0 Å². The summed E-state index contributed by atoms with van der Waals surface area (Å²) in [7, 11) is 0. The van der Waals surface area contributed by atoms with Gasteiger partial charge in [-0.2, -0.15) is 0 Å². The summed E-state index contributed by atoms with van der Waals surface area (Å²) >= 11 is 0. The maximum Gasteiger partial charge on any atom is 0.187 e. The molecule has 1 atom stereocenters. The predicted molar refractivity (Wildman–Crippen MR) is 63.4 cm³/mol. The normalized spacial score (nSPS) is 20.6. The maximum absolute atomic E-state index is 14.1. The van der Waals surface area contributed by atoms with E-state index in [9.17, 15) is 9.50 Å². The van der Waals surface area contributed by atoms with Crippen molar-refractivity contribution in [1.82, 2.24) is 9.97 Å². The second kappa shape index (κ2) is 5.40. The van der Waals surface area contributed by atoms with Crippen molar-refractivity contribution in [3.05, 3.63) is 17.8 Å². The largest absolute Gasteiger partial charge is 0.394 e. The van der Waals surface area contributed by atoms with Gasteiger partial charge in [-0.1, -0.05) is 6.92 Å². The van der Waals surface area contributed by atoms with Gasteiger partial charge in [-0.05, 0) is 25.7 Å². The first-order chi connectivity index (χ1) is 8.27. The van der Waals surface area contributed by atoms with Gasteiger partial charge in [0.25, 0.3) is 0 Å². The standard InChI is InChI=1S/C12H18FN3O/c1-2-10-11(13)12(15-8-14-10)16-6-4-3-5-9(16)7-17/h8-9,17H,2-7H2,1H3. The lowest BCUT2D eigenvalue weighted by molar-refractivity contribution is 0.238. The molecule has 1 unspecified atom stereocenters. The van der Waals surface area contributed by atoms with Gasteiger partial charge in [0.15, 0.2) is 11.6 Å². The van der Waals surface area contributed by atoms with Gasteiger partial charge >= 0.3 is 0 Å². The molecule has 4 nitrogen and oxygen atoms in total. The SMILES string of the molecule is CCc1ncnc(N2CCCCC2CO)c1F. The van der Waals surface area contributed by atoms with Crippen LogP contribution in [0.2, 0.25) is 0 Å². The molecular formula is C12H18FN3O. The number of rotatable bonds is 3. The highest BCUT2D eigenvalue weighted by Crippen LogP contribution is 2.26. The Morgan fingerprint density at radius 2 is 2.29 bits per heavy atom. The Labute approximate surface area is 101 Å². The van der Waals surface area contributed by atoms with Gasteiger partial charge in [-0.15, -0.1) is 0 Å². The molecule has 5 heteroatoms. The Hall–Kier alpha value is -1.23. The number of hydrogen-bond donors (Lipinski definition) is 1.